The molecule has 2 aliphatic rings. The van der Waals surface area contributed by atoms with E-state index in [1.54, 1.807) is 49.7 Å². The Kier molecular flexibility index (Phi) is 5.81. The smallest absolute Gasteiger partial charge is 0.295 e. The maximum Gasteiger partial charge on any atom is 0.295 e. The molecule has 3 heterocycles. The summed E-state index contributed by atoms with van der Waals surface area (Å²) in [6.45, 7) is 3.11. The van der Waals surface area contributed by atoms with Crippen LogP contribution in [-0.4, -0.2) is 64.9 Å². The van der Waals surface area contributed by atoms with Crippen LogP contribution >= 0.6 is 0 Å². The number of amides is 1. The summed E-state index contributed by atoms with van der Waals surface area (Å²) < 4.78 is 5.16. The summed E-state index contributed by atoms with van der Waals surface area (Å²) in [5.41, 5.74) is 1.09. The molecule has 0 spiro atoms. The monoisotopic (exact) mass is 407 g/mol. The third-order valence-corrected chi connectivity index (χ3v) is 5.73. The van der Waals surface area contributed by atoms with E-state index in [-0.39, 0.29) is 11.3 Å². The molecule has 2 fully saturated rings. The highest BCUT2D eigenvalue weighted by molar-refractivity contribution is 6.46. The van der Waals surface area contributed by atoms with Crippen LogP contribution in [-0.2, 0) is 9.59 Å². The minimum absolute atomic E-state index is 0.0743. The predicted molar refractivity (Wildman–Crippen MR) is 112 cm³/mol. The number of benzene rings is 1. The van der Waals surface area contributed by atoms with Gasteiger partial charge in [0.25, 0.3) is 11.7 Å². The number of aromatic nitrogens is 1. The minimum Gasteiger partial charge on any atom is -0.507 e. The third kappa shape index (κ3) is 3.80. The van der Waals surface area contributed by atoms with E-state index < -0.39 is 17.7 Å². The first kappa shape index (κ1) is 20.1. The van der Waals surface area contributed by atoms with Crippen molar-refractivity contribution in [3.63, 3.8) is 0 Å². The van der Waals surface area contributed by atoms with Crippen LogP contribution in [0.4, 0.5) is 0 Å². The molecule has 7 nitrogen and oxygen atoms in total. The van der Waals surface area contributed by atoms with Gasteiger partial charge in [0.15, 0.2) is 0 Å². The van der Waals surface area contributed by atoms with Crippen molar-refractivity contribution in [1.82, 2.24) is 14.8 Å². The van der Waals surface area contributed by atoms with Gasteiger partial charge in [-0.15, -0.1) is 0 Å². The van der Waals surface area contributed by atoms with Gasteiger partial charge in [0.2, 0.25) is 0 Å². The molecule has 2 aliphatic heterocycles. The van der Waals surface area contributed by atoms with E-state index in [1.165, 1.54) is 4.90 Å². The Morgan fingerprint density at radius 2 is 1.83 bits per heavy atom. The Balaban J connectivity index is 1.73. The number of ether oxygens (including phenoxy) is 1. The number of ketones is 1. The topological polar surface area (TPSA) is 83.0 Å². The number of hydrogen-bond donors (Lipinski definition) is 1. The van der Waals surface area contributed by atoms with Crippen LogP contribution < -0.4 is 4.74 Å². The fourth-order valence-corrected chi connectivity index (χ4v) is 4.12. The van der Waals surface area contributed by atoms with Gasteiger partial charge in [-0.1, -0.05) is 6.07 Å². The maximum atomic E-state index is 13.0. The molecule has 2 saturated heterocycles. The number of carbonyl (C=O) groups excluding carboxylic acids is 2. The molecular formula is C23H25N3O4. The molecular weight excluding hydrogens is 382 g/mol. The SMILES string of the molecule is COc1ccc(/C(O)=C2\C(=O)C(=O)N(CCN3CCCC3)C2c2ccccn2)cc1. The van der Waals surface area contributed by atoms with Gasteiger partial charge in [0.1, 0.15) is 17.6 Å². The Morgan fingerprint density at radius 3 is 2.47 bits per heavy atom. The number of pyridine rings is 1. The summed E-state index contributed by atoms with van der Waals surface area (Å²) in [6.07, 6.45) is 3.93. The molecule has 1 aromatic heterocycles. The van der Waals surface area contributed by atoms with Gasteiger partial charge in [-0.3, -0.25) is 14.6 Å². The molecule has 30 heavy (non-hydrogen) atoms. The number of aliphatic hydroxyl groups is 1. The van der Waals surface area contributed by atoms with Gasteiger partial charge >= 0.3 is 0 Å². The average molecular weight is 407 g/mol. The summed E-state index contributed by atoms with van der Waals surface area (Å²) in [4.78, 5) is 34.1. The molecule has 4 rings (SSSR count). The van der Waals surface area contributed by atoms with Crippen LogP contribution in [0.1, 0.15) is 30.1 Å². The van der Waals surface area contributed by atoms with E-state index in [0.717, 1.165) is 25.9 Å². The first-order valence-corrected chi connectivity index (χ1v) is 10.2. The highest BCUT2D eigenvalue weighted by Crippen LogP contribution is 2.38. The van der Waals surface area contributed by atoms with Crippen molar-refractivity contribution in [2.45, 2.75) is 18.9 Å². The van der Waals surface area contributed by atoms with Crippen molar-refractivity contribution in [2.24, 2.45) is 0 Å². The lowest BCUT2D eigenvalue weighted by Gasteiger charge is -2.26. The Hall–Kier alpha value is -3.19. The molecule has 1 N–H and O–H groups in total. The van der Waals surface area contributed by atoms with Crippen LogP contribution in [0.3, 0.4) is 0 Å². The highest BCUT2D eigenvalue weighted by atomic mass is 16.5. The second-order valence-electron chi connectivity index (χ2n) is 7.52. The predicted octanol–water partition coefficient (Wildman–Crippen LogP) is 2.61. The standard InChI is InChI=1S/C23H25N3O4/c1-30-17-9-7-16(8-10-17)21(27)19-20(18-6-2-3-11-24-18)26(23(29)22(19)28)15-14-25-12-4-5-13-25/h2-3,6-11,20,27H,4-5,12-15H2,1H3/b21-19+. The molecule has 0 saturated carbocycles. The van der Waals surface area contributed by atoms with Crippen molar-refractivity contribution in [2.75, 3.05) is 33.3 Å². The normalized spacial score (nSPS) is 21.4. The van der Waals surface area contributed by atoms with Crippen molar-refractivity contribution in [3.05, 3.63) is 65.5 Å². The molecule has 0 aliphatic carbocycles. The molecule has 1 unspecified atom stereocenters. The number of rotatable bonds is 6. The Bertz CT molecular complexity index is 950. The molecule has 1 aromatic carbocycles. The van der Waals surface area contributed by atoms with E-state index in [2.05, 4.69) is 9.88 Å². The average Bonchev–Trinajstić information content (AvgIpc) is 3.39. The zero-order valence-electron chi connectivity index (χ0n) is 17.0. The zero-order chi connectivity index (χ0) is 21.1. The fraction of sp³-hybridized carbons (Fsp3) is 0.348. The number of aliphatic hydroxyl groups excluding tert-OH is 1. The number of carbonyl (C=O) groups is 2. The first-order valence-electron chi connectivity index (χ1n) is 10.2. The summed E-state index contributed by atoms with van der Waals surface area (Å²) in [5.74, 6) is -0.838. The Labute approximate surface area is 175 Å². The van der Waals surface area contributed by atoms with Gasteiger partial charge in [-0.25, -0.2) is 0 Å². The maximum absolute atomic E-state index is 13.0. The zero-order valence-corrected chi connectivity index (χ0v) is 17.0. The van der Waals surface area contributed by atoms with Crippen molar-refractivity contribution < 1.29 is 19.4 Å². The molecule has 1 atom stereocenters. The van der Waals surface area contributed by atoms with Crippen molar-refractivity contribution in [3.8, 4) is 5.75 Å². The van der Waals surface area contributed by atoms with Gasteiger partial charge < -0.3 is 19.6 Å². The van der Waals surface area contributed by atoms with Crippen LogP contribution in [0.15, 0.2) is 54.2 Å². The molecule has 0 radical (unpaired) electrons. The van der Waals surface area contributed by atoms with E-state index >= 15 is 0 Å². The summed E-state index contributed by atoms with van der Waals surface area (Å²) >= 11 is 0. The van der Waals surface area contributed by atoms with Gasteiger partial charge in [0, 0.05) is 24.8 Å². The quantitative estimate of drug-likeness (QED) is 0.450. The second-order valence-corrected chi connectivity index (χ2v) is 7.52. The van der Waals surface area contributed by atoms with E-state index in [4.69, 9.17) is 4.74 Å². The lowest BCUT2D eigenvalue weighted by Crippen LogP contribution is -2.37. The summed E-state index contributed by atoms with van der Waals surface area (Å²) in [5, 5.41) is 11.0. The lowest BCUT2D eigenvalue weighted by atomic mass is 9.98. The van der Waals surface area contributed by atoms with E-state index in [1.807, 2.05) is 6.07 Å². The lowest BCUT2D eigenvalue weighted by molar-refractivity contribution is -0.140. The summed E-state index contributed by atoms with van der Waals surface area (Å²) in [7, 11) is 1.56. The molecule has 2 aromatic rings. The van der Waals surface area contributed by atoms with Crippen LogP contribution in [0.5, 0.6) is 5.75 Å². The number of likely N-dealkylation sites (tertiary alicyclic amines) is 2. The largest absolute Gasteiger partial charge is 0.507 e. The van der Waals surface area contributed by atoms with E-state index in [0.29, 0.717) is 30.1 Å². The highest BCUT2D eigenvalue weighted by Gasteiger charge is 2.46. The third-order valence-electron chi connectivity index (χ3n) is 5.73. The van der Waals surface area contributed by atoms with Gasteiger partial charge in [-0.05, 0) is 62.3 Å². The van der Waals surface area contributed by atoms with Gasteiger partial charge in [-0.2, -0.15) is 0 Å². The minimum atomic E-state index is -0.712. The number of hydrogen-bond acceptors (Lipinski definition) is 6. The number of Topliss-reactive ketones (excluding diaryl/α,β-unsaturated/α-hetero) is 1. The molecule has 1 amide bonds. The van der Waals surface area contributed by atoms with Gasteiger partial charge in [0.05, 0.1) is 18.4 Å². The fourth-order valence-electron chi connectivity index (χ4n) is 4.12. The Morgan fingerprint density at radius 1 is 1.10 bits per heavy atom. The van der Waals surface area contributed by atoms with Crippen LogP contribution in [0.25, 0.3) is 5.76 Å². The van der Waals surface area contributed by atoms with E-state index in [9.17, 15) is 14.7 Å². The molecule has 7 heteroatoms. The van der Waals surface area contributed by atoms with Crippen molar-refractivity contribution >= 4 is 17.4 Å². The second kappa shape index (κ2) is 8.67. The first-order chi connectivity index (χ1) is 14.6. The van der Waals surface area contributed by atoms with Crippen LogP contribution in [0, 0.1) is 0 Å². The van der Waals surface area contributed by atoms with Crippen molar-refractivity contribution in [1.29, 1.82) is 0 Å². The number of nitrogens with zero attached hydrogens (tertiary/aromatic N) is 3. The number of methoxy groups -OCH3 is 1. The van der Waals surface area contributed by atoms with Crippen LogP contribution in [0.2, 0.25) is 0 Å². The molecule has 0 bridgehead atoms. The molecule has 156 valence electrons. The summed E-state index contributed by atoms with van der Waals surface area (Å²) in [6, 6.07) is 11.4.